The van der Waals surface area contributed by atoms with Crippen LogP contribution in [0.5, 0.6) is 0 Å². The van der Waals surface area contributed by atoms with Gasteiger partial charge in [0.15, 0.2) is 0 Å². The van der Waals surface area contributed by atoms with Crippen LogP contribution in [0.3, 0.4) is 0 Å². The van der Waals surface area contributed by atoms with Gasteiger partial charge in [-0.3, -0.25) is 4.79 Å². The summed E-state index contributed by atoms with van der Waals surface area (Å²) >= 11 is 1.72. The Labute approximate surface area is 123 Å². The molecule has 1 fully saturated rings. The Morgan fingerprint density at radius 3 is 2.65 bits per heavy atom. The summed E-state index contributed by atoms with van der Waals surface area (Å²) in [6.45, 7) is 2.13. The number of hydrogen-bond acceptors (Lipinski definition) is 4. The second-order valence-electron chi connectivity index (χ2n) is 4.64. The maximum Gasteiger partial charge on any atom is 0.338 e. The van der Waals surface area contributed by atoms with Crippen LogP contribution >= 0.6 is 11.8 Å². The van der Waals surface area contributed by atoms with Crippen molar-refractivity contribution in [1.82, 2.24) is 0 Å². The molecule has 0 saturated carbocycles. The third kappa shape index (κ3) is 4.00. The largest absolute Gasteiger partial charge is 0.462 e. The lowest BCUT2D eigenvalue weighted by molar-refractivity contribution is -0.115. The maximum atomic E-state index is 12.1. The fraction of sp³-hybridized carbons (Fsp3) is 0.467. The summed E-state index contributed by atoms with van der Waals surface area (Å²) in [6, 6.07) is 6.80. The normalized spacial score (nSPS) is 18.4. The van der Waals surface area contributed by atoms with Gasteiger partial charge in [0, 0.05) is 5.69 Å². The number of benzene rings is 1. The van der Waals surface area contributed by atoms with E-state index in [4.69, 9.17) is 4.74 Å². The molecule has 4 nitrogen and oxygen atoms in total. The van der Waals surface area contributed by atoms with Crippen molar-refractivity contribution < 1.29 is 14.3 Å². The molecule has 0 aliphatic carbocycles. The molecular formula is C15H19NO3S. The van der Waals surface area contributed by atoms with Gasteiger partial charge in [-0.05, 0) is 49.8 Å². The van der Waals surface area contributed by atoms with Gasteiger partial charge in [0.1, 0.15) is 0 Å². The molecule has 1 aromatic rings. The van der Waals surface area contributed by atoms with Crippen molar-refractivity contribution in [2.24, 2.45) is 0 Å². The van der Waals surface area contributed by atoms with E-state index >= 15 is 0 Å². The first-order chi connectivity index (χ1) is 9.70. The summed E-state index contributed by atoms with van der Waals surface area (Å²) in [4.78, 5) is 23.6. The van der Waals surface area contributed by atoms with Gasteiger partial charge in [0.25, 0.3) is 0 Å². The number of anilines is 1. The number of nitrogens with one attached hydrogen (secondary N) is 1. The first-order valence-electron chi connectivity index (χ1n) is 6.90. The van der Waals surface area contributed by atoms with Crippen LogP contribution < -0.4 is 5.32 Å². The molecule has 20 heavy (non-hydrogen) atoms. The number of hydrogen-bond donors (Lipinski definition) is 1. The van der Waals surface area contributed by atoms with E-state index in [0.717, 1.165) is 18.6 Å². The molecule has 1 atom stereocenters. The predicted molar refractivity (Wildman–Crippen MR) is 81.1 cm³/mol. The Morgan fingerprint density at radius 2 is 2.05 bits per heavy atom. The summed E-state index contributed by atoms with van der Waals surface area (Å²) in [5, 5.41) is 2.95. The molecule has 1 aromatic carbocycles. The molecule has 108 valence electrons. The van der Waals surface area contributed by atoms with Crippen molar-refractivity contribution >= 4 is 29.3 Å². The Hall–Kier alpha value is -1.49. The van der Waals surface area contributed by atoms with Crippen LogP contribution in [-0.4, -0.2) is 29.5 Å². The van der Waals surface area contributed by atoms with Crippen LogP contribution in [-0.2, 0) is 9.53 Å². The first kappa shape index (κ1) is 14.9. The fourth-order valence-electron chi connectivity index (χ4n) is 2.07. The van der Waals surface area contributed by atoms with E-state index in [2.05, 4.69) is 5.32 Å². The highest BCUT2D eigenvalue weighted by Crippen LogP contribution is 2.26. The van der Waals surface area contributed by atoms with E-state index < -0.39 is 0 Å². The average molecular weight is 293 g/mol. The van der Waals surface area contributed by atoms with E-state index in [-0.39, 0.29) is 17.1 Å². The van der Waals surface area contributed by atoms with Gasteiger partial charge in [0.2, 0.25) is 5.91 Å². The third-order valence-electron chi connectivity index (χ3n) is 3.14. The fourth-order valence-corrected chi connectivity index (χ4v) is 3.27. The van der Waals surface area contributed by atoms with Crippen LogP contribution in [0.25, 0.3) is 0 Å². The summed E-state index contributed by atoms with van der Waals surface area (Å²) in [5.41, 5.74) is 1.21. The van der Waals surface area contributed by atoms with Crippen molar-refractivity contribution in [3.63, 3.8) is 0 Å². The number of thioether (sulfide) groups is 1. The van der Waals surface area contributed by atoms with E-state index in [9.17, 15) is 9.59 Å². The Balaban J connectivity index is 1.92. The van der Waals surface area contributed by atoms with Crippen LogP contribution in [0.1, 0.15) is 36.5 Å². The number of ether oxygens (including phenoxy) is 1. The van der Waals surface area contributed by atoms with Crippen molar-refractivity contribution in [1.29, 1.82) is 0 Å². The van der Waals surface area contributed by atoms with Gasteiger partial charge < -0.3 is 10.1 Å². The van der Waals surface area contributed by atoms with Gasteiger partial charge in [-0.15, -0.1) is 11.8 Å². The topological polar surface area (TPSA) is 55.4 Å². The van der Waals surface area contributed by atoms with Crippen LogP contribution in [0.15, 0.2) is 24.3 Å². The Kier molecular flexibility index (Phi) is 5.47. The molecule has 1 heterocycles. The molecule has 1 aliphatic rings. The summed E-state index contributed by atoms with van der Waals surface area (Å²) in [7, 11) is 0. The minimum atomic E-state index is -0.340. The molecule has 1 aliphatic heterocycles. The highest BCUT2D eigenvalue weighted by molar-refractivity contribution is 8.00. The quantitative estimate of drug-likeness (QED) is 0.867. The van der Waals surface area contributed by atoms with E-state index in [1.54, 1.807) is 43.0 Å². The molecular weight excluding hydrogens is 274 g/mol. The molecule has 1 N–H and O–H groups in total. The molecule has 0 bridgehead atoms. The van der Waals surface area contributed by atoms with Gasteiger partial charge in [-0.25, -0.2) is 4.79 Å². The van der Waals surface area contributed by atoms with Crippen LogP contribution in [0, 0.1) is 0 Å². The smallest absolute Gasteiger partial charge is 0.338 e. The molecule has 0 radical (unpaired) electrons. The van der Waals surface area contributed by atoms with Crippen LogP contribution in [0.4, 0.5) is 5.69 Å². The first-order valence-corrected chi connectivity index (χ1v) is 7.95. The number of amides is 1. The number of carbonyl (C=O) groups excluding carboxylic acids is 2. The maximum absolute atomic E-state index is 12.1. The number of rotatable bonds is 4. The minimum absolute atomic E-state index is 0.0495. The molecule has 1 saturated heterocycles. The highest BCUT2D eigenvalue weighted by Gasteiger charge is 2.21. The molecule has 2 rings (SSSR count). The average Bonchev–Trinajstić information content (AvgIpc) is 2.49. The predicted octanol–water partition coefficient (Wildman–Crippen LogP) is 3.09. The summed E-state index contributed by atoms with van der Waals surface area (Å²) < 4.78 is 4.91. The molecule has 5 heteroatoms. The van der Waals surface area contributed by atoms with Gasteiger partial charge in [-0.1, -0.05) is 6.42 Å². The number of esters is 1. The van der Waals surface area contributed by atoms with Crippen molar-refractivity contribution in [3.05, 3.63) is 29.8 Å². The SMILES string of the molecule is CCOC(=O)c1ccc(NC(=O)C2CCCCS2)cc1. The lowest BCUT2D eigenvalue weighted by Crippen LogP contribution is -2.27. The van der Waals surface area contributed by atoms with E-state index in [0.29, 0.717) is 17.9 Å². The monoisotopic (exact) mass is 293 g/mol. The minimum Gasteiger partial charge on any atom is -0.462 e. The zero-order chi connectivity index (χ0) is 14.4. The summed E-state index contributed by atoms with van der Waals surface area (Å²) in [5.74, 6) is 0.770. The van der Waals surface area contributed by atoms with Crippen molar-refractivity contribution in [3.8, 4) is 0 Å². The third-order valence-corrected chi connectivity index (χ3v) is 4.51. The zero-order valence-electron chi connectivity index (χ0n) is 11.6. The summed E-state index contributed by atoms with van der Waals surface area (Å²) in [6.07, 6.45) is 3.26. The molecule has 0 spiro atoms. The lowest BCUT2D eigenvalue weighted by Gasteiger charge is -2.20. The van der Waals surface area contributed by atoms with Crippen LogP contribution in [0.2, 0.25) is 0 Å². The van der Waals surface area contributed by atoms with Gasteiger partial charge in [-0.2, -0.15) is 0 Å². The van der Waals surface area contributed by atoms with E-state index in [1.165, 1.54) is 6.42 Å². The van der Waals surface area contributed by atoms with Crippen molar-refractivity contribution in [2.75, 3.05) is 17.7 Å². The number of carbonyl (C=O) groups is 2. The lowest BCUT2D eigenvalue weighted by atomic mass is 10.1. The second-order valence-corrected chi connectivity index (χ2v) is 5.95. The standard InChI is InChI=1S/C15H19NO3S/c1-2-19-15(18)11-6-8-12(9-7-11)16-14(17)13-5-3-4-10-20-13/h6-9,13H,2-5,10H2,1H3,(H,16,17). The molecule has 1 amide bonds. The molecule has 1 unspecified atom stereocenters. The van der Waals surface area contributed by atoms with Gasteiger partial charge in [0.05, 0.1) is 17.4 Å². The zero-order valence-corrected chi connectivity index (χ0v) is 12.4. The van der Waals surface area contributed by atoms with Crippen molar-refractivity contribution in [2.45, 2.75) is 31.4 Å². The highest BCUT2D eigenvalue weighted by atomic mass is 32.2. The molecule has 0 aromatic heterocycles. The Morgan fingerprint density at radius 1 is 1.30 bits per heavy atom. The van der Waals surface area contributed by atoms with E-state index in [1.807, 2.05) is 0 Å². The van der Waals surface area contributed by atoms with Gasteiger partial charge >= 0.3 is 5.97 Å². The second kappa shape index (κ2) is 7.33. The Bertz CT molecular complexity index is 467.